The topological polar surface area (TPSA) is 146 Å². The number of aryl methyl sites for hydroxylation is 2. The lowest BCUT2D eigenvalue weighted by atomic mass is 10.1. The fraction of sp³-hybridized carbons (Fsp3) is 0.226. The Kier molecular flexibility index (Phi) is 9.30. The van der Waals surface area contributed by atoms with E-state index in [1.165, 1.54) is 25.4 Å². The first-order valence-electron chi connectivity index (χ1n) is 13.9. The molecule has 5 rings (SSSR count). The number of halogens is 3. The van der Waals surface area contributed by atoms with Crippen LogP contribution in [0, 0.1) is 13.8 Å². The molecule has 0 radical (unpaired) electrons. The summed E-state index contributed by atoms with van der Waals surface area (Å²) in [4.78, 5) is 26.0. The Hall–Kier alpha value is -5.73. The summed E-state index contributed by atoms with van der Waals surface area (Å²) in [5.41, 5.74) is 0.868. The highest BCUT2D eigenvalue weighted by Crippen LogP contribution is 2.35. The van der Waals surface area contributed by atoms with Crippen LogP contribution in [0.1, 0.15) is 29.6 Å². The fourth-order valence-corrected chi connectivity index (χ4v) is 4.22. The van der Waals surface area contributed by atoms with Gasteiger partial charge in [0.05, 0.1) is 42.4 Å². The molecule has 15 heteroatoms. The molecule has 0 aliphatic carbocycles. The number of urea groups is 1. The van der Waals surface area contributed by atoms with E-state index in [0.717, 1.165) is 23.4 Å². The van der Waals surface area contributed by atoms with Gasteiger partial charge in [0.15, 0.2) is 5.82 Å². The van der Waals surface area contributed by atoms with Crippen molar-refractivity contribution in [3.8, 4) is 40.2 Å². The third-order valence-electron chi connectivity index (χ3n) is 6.45. The van der Waals surface area contributed by atoms with Gasteiger partial charge >= 0.3 is 12.2 Å². The molecule has 0 atom stereocenters. The van der Waals surface area contributed by atoms with Crippen molar-refractivity contribution in [3.05, 3.63) is 83.6 Å². The van der Waals surface area contributed by atoms with E-state index in [2.05, 4.69) is 35.8 Å². The second-order valence-electron chi connectivity index (χ2n) is 9.78. The number of nitrogens with one attached hydrogen (secondary N) is 2. The summed E-state index contributed by atoms with van der Waals surface area (Å²) in [7, 11) is 1.60. The van der Waals surface area contributed by atoms with Gasteiger partial charge in [-0.25, -0.2) is 19.7 Å². The average molecular weight is 636 g/mol. The summed E-state index contributed by atoms with van der Waals surface area (Å²) in [5.74, 6) is 1.85. The van der Waals surface area contributed by atoms with E-state index in [1.807, 2.05) is 31.2 Å². The highest BCUT2D eigenvalue weighted by Gasteiger charge is 2.32. The van der Waals surface area contributed by atoms with Gasteiger partial charge in [-0.3, -0.25) is 0 Å². The molecule has 3 heterocycles. The van der Waals surface area contributed by atoms with Crippen LogP contribution in [-0.2, 0) is 12.8 Å². The molecule has 0 unspecified atom stereocenters. The SMILES string of the molecule is CCOc1cc(OCc2ccc(OC)cc2)ncc1-c1ncc(NC(=O)Nc2cc(-c3nnc(C)o3)cc(C(F)(F)F)c2)c(C)n1. The van der Waals surface area contributed by atoms with Crippen LogP contribution in [0.5, 0.6) is 17.4 Å². The Morgan fingerprint density at radius 3 is 2.39 bits per heavy atom. The maximum atomic E-state index is 13.6. The predicted octanol–water partition coefficient (Wildman–Crippen LogP) is 6.85. The lowest BCUT2D eigenvalue weighted by Gasteiger charge is -2.14. The van der Waals surface area contributed by atoms with E-state index < -0.39 is 17.8 Å². The predicted molar refractivity (Wildman–Crippen MR) is 161 cm³/mol. The highest BCUT2D eigenvalue weighted by molar-refractivity contribution is 6.00. The first kappa shape index (κ1) is 31.7. The highest BCUT2D eigenvalue weighted by atomic mass is 19.4. The Morgan fingerprint density at radius 1 is 0.957 bits per heavy atom. The fourth-order valence-electron chi connectivity index (χ4n) is 4.22. The normalized spacial score (nSPS) is 11.2. The number of anilines is 2. The second kappa shape index (κ2) is 13.5. The number of carbonyl (C=O) groups excluding carboxylic acids is 1. The van der Waals surface area contributed by atoms with E-state index in [0.29, 0.717) is 29.5 Å². The van der Waals surface area contributed by atoms with Gasteiger partial charge in [-0.05, 0) is 49.7 Å². The Balaban J connectivity index is 1.30. The Labute approximate surface area is 261 Å². The van der Waals surface area contributed by atoms with Crippen LogP contribution in [0.4, 0.5) is 29.3 Å². The smallest absolute Gasteiger partial charge is 0.416 e. The van der Waals surface area contributed by atoms with Crippen molar-refractivity contribution in [1.82, 2.24) is 25.1 Å². The second-order valence-corrected chi connectivity index (χ2v) is 9.78. The lowest BCUT2D eigenvalue weighted by Crippen LogP contribution is -2.21. The zero-order chi connectivity index (χ0) is 32.8. The first-order chi connectivity index (χ1) is 22.0. The molecule has 5 aromatic rings. The van der Waals surface area contributed by atoms with Crippen LogP contribution in [-0.4, -0.2) is 44.9 Å². The van der Waals surface area contributed by atoms with Crippen LogP contribution < -0.4 is 24.8 Å². The number of methoxy groups -OCH3 is 1. The first-order valence-corrected chi connectivity index (χ1v) is 13.9. The van der Waals surface area contributed by atoms with Gasteiger partial charge in [0.2, 0.25) is 17.7 Å². The zero-order valence-corrected chi connectivity index (χ0v) is 25.1. The molecule has 0 bridgehead atoms. The number of rotatable bonds is 10. The molecule has 0 saturated carbocycles. The lowest BCUT2D eigenvalue weighted by molar-refractivity contribution is -0.137. The Bertz CT molecular complexity index is 1850. The zero-order valence-electron chi connectivity index (χ0n) is 25.1. The molecule has 12 nitrogen and oxygen atoms in total. The van der Waals surface area contributed by atoms with Gasteiger partial charge in [-0.2, -0.15) is 13.2 Å². The number of hydrogen-bond acceptors (Lipinski definition) is 10. The van der Waals surface area contributed by atoms with Crippen LogP contribution in [0.2, 0.25) is 0 Å². The molecule has 0 aliphatic heterocycles. The number of carbonyl (C=O) groups is 1. The summed E-state index contributed by atoms with van der Waals surface area (Å²) in [6.07, 6.45) is -1.78. The summed E-state index contributed by atoms with van der Waals surface area (Å²) in [6.45, 7) is 5.61. The molecule has 46 heavy (non-hydrogen) atoms. The van der Waals surface area contributed by atoms with Crippen LogP contribution in [0.15, 0.2) is 65.3 Å². The maximum Gasteiger partial charge on any atom is 0.416 e. The van der Waals surface area contributed by atoms with Gasteiger partial charge in [-0.15, -0.1) is 10.2 Å². The number of pyridine rings is 1. The minimum absolute atomic E-state index is 0.00884. The molecule has 0 fully saturated rings. The van der Waals surface area contributed by atoms with E-state index in [9.17, 15) is 18.0 Å². The largest absolute Gasteiger partial charge is 0.497 e. The van der Waals surface area contributed by atoms with Crippen molar-refractivity contribution in [3.63, 3.8) is 0 Å². The van der Waals surface area contributed by atoms with Crippen molar-refractivity contribution >= 4 is 17.4 Å². The van der Waals surface area contributed by atoms with Crippen molar-refractivity contribution in [2.24, 2.45) is 0 Å². The Morgan fingerprint density at radius 2 is 1.74 bits per heavy atom. The number of amides is 2. The summed E-state index contributed by atoms with van der Waals surface area (Å²) < 4.78 is 62.8. The molecule has 3 aromatic heterocycles. The number of hydrogen-bond donors (Lipinski definition) is 2. The number of alkyl halides is 3. The molecule has 0 saturated heterocycles. The molecule has 0 spiro atoms. The monoisotopic (exact) mass is 635 g/mol. The van der Waals surface area contributed by atoms with E-state index >= 15 is 0 Å². The van der Waals surface area contributed by atoms with E-state index in [-0.39, 0.29) is 41.2 Å². The summed E-state index contributed by atoms with van der Waals surface area (Å²) in [5, 5.41) is 12.4. The summed E-state index contributed by atoms with van der Waals surface area (Å²) >= 11 is 0. The standard InChI is InChI=1S/C31H28F3N7O5/c1-5-44-26-13-27(45-16-19-6-8-23(43-4)9-7-19)35-14-24(26)28-36-15-25(17(2)37-28)39-30(42)38-22-11-20(29-41-40-18(3)46-29)10-21(12-22)31(32,33)34/h6-15H,5,16H2,1-4H3,(H2,38,39,42). The molecular weight excluding hydrogens is 607 g/mol. The quantitative estimate of drug-likeness (QED) is 0.167. The number of ether oxygens (including phenoxy) is 3. The average Bonchev–Trinajstić information content (AvgIpc) is 3.47. The van der Waals surface area contributed by atoms with Gasteiger partial charge < -0.3 is 29.3 Å². The molecule has 0 aliphatic rings. The minimum Gasteiger partial charge on any atom is -0.497 e. The van der Waals surface area contributed by atoms with Crippen molar-refractivity contribution in [2.75, 3.05) is 24.4 Å². The van der Waals surface area contributed by atoms with E-state index in [1.54, 1.807) is 20.1 Å². The van der Waals surface area contributed by atoms with Crippen LogP contribution >= 0.6 is 0 Å². The van der Waals surface area contributed by atoms with Gasteiger partial charge in [0.1, 0.15) is 18.1 Å². The van der Waals surface area contributed by atoms with Gasteiger partial charge in [0, 0.05) is 30.4 Å². The number of aromatic nitrogens is 5. The van der Waals surface area contributed by atoms with E-state index in [4.69, 9.17) is 18.6 Å². The van der Waals surface area contributed by atoms with Crippen LogP contribution in [0.25, 0.3) is 22.8 Å². The van der Waals surface area contributed by atoms with Gasteiger partial charge in [-0.1, -0.05) is 12.1 Å². The maximum absolute atomic E-state index is 13.6. The van der Waals surface area contributed by atoms with Crippen LogP contribution in [0.3, 0.4) is 0 Å². The van der Waals surface area contributed by atoms with Crippen molar-refractivity contribution in [1.29, 1.82) is 0 Å². The molecule has 238 valence electrons. The number of nitrogens with zero attached hydrogens (tertiary/aromatic N) is 5. The third-order valence-corrected chi connectivity index (χ3v) is 6.45. The molecule has 2 N–H and O–H groups in total. The van der Waals surface area contributed by atoms with Gasteiger partial charge in [0.25, 0.3) is 0 Å². The minimum atomic E-state index is -4.69. The van der Waals surface area contributed by atoms with Crippen molar-refractivity contribution < 1.29 is 36.6 Å². The van der Waals surface area contributed by atoms with Crippen molar-refractivity contribution in [2.45, 2.75) is 33.6 Å². The molecular formula is C31H28F3N7O5. The summed E-state index contributed by atoms with van der Waals surface area (Å²) in [6, 6.07) is 11.2. The third kappa shape index (κ3) is 7.67. The number of benzene rings is 2. The molecule has 2 aromatic carbocycles. The molecule has 2 amide bonds.